The van der Waals surface area contributed by atoms with E-state index >= 15 is 0 Å². The van der Waals surface area contributed by atoms with E-state index in [0.717, 1.165) is 30.2 Å². The molecule has 3 rings (SSSR count). The van der Waals surface area contributed by atoms with E-state index in [9.17, 15) is 9.50 Å². The van der Waals surface area contributed by atoms with Gasteiger partial charge in [0, 0.05) is 0 Å². The van der Waals surface area contributed by atoms with Crippen molar-refractivity contribution in [1.29, 1.82) is 0 Å². The van der Waals surface area contributed by atoms with Crippen molar-refractivity contribution in [2.24, 2.45) is 17.8 Å². The Hall–Kier alpha value is -0.890. The SMILES string of the molecule is Cc1cc(C(O)C2CCC3CCCCC3C2)cc(C)c1F. The number of hydrogen-bond donors (Lipinski definition) is 1. The van der Waals surface area contributed by atoms with Crippen molar-refractivity contribution in [2.45, 2.75) is 64.9 Å². The smallest absolute Gasteiger partial charge is 0.129 e. The number of benzene rings is 1. The van der Waals surface area contributed by atoms with Gasteiger partial charge in [0.15, 0.2) is 0 Å². The minimum absolute atomic E-state index is 0.137. The Labute approximate surface area is 127 Å². The Morgan fingerprint density at radius 2 is 1.62 bits per heavy atom. The third kappa shape index (κ3) is 3.01. The second-order valence-electron chi connectivity index (χ2n) is 7.29. The van der Waals surface area contributed by atoms with E-state index in [1.807, 2.05) is 12.1 Å². The van der Waals surface area contributed by atoms with Gasteiger partial charge in [-0.25, -0.2) is 4.39 Å². The van der Waals surface area contributed by atoms with Crippen molar-refractivity contribution >= 4 is 0 Å². The molecule has 4 unspecified atom stereocenters. The predicted molar refractivity (Wildman–Crippen MR) is 83.6 cm³/mol. The van der Waals surface area contributed by atoms with Gasteiger partial charge in [0.25, 0.3) is 0 Å². The molecule has 0 radical (unpaired) electrons. The molecular formula is C19H27FO. The predicted octanol–water partition coefficient (Wildman–Crippen LogP) is 5.08. The van der Waals surface area contributed by atoms with Crippen molar-refractivity contribution in [3.05, 3.63) is 34.6 Å². The van der Waals surface area contributed by atoms with Crippen LogP contribution in [0.5, 0.6) is 0 Å². The van der Waals surface area contributed by atoms with Crippen molar-refractivity contribution < 1.29 is 9.50 Å². The van der Waals surface area contributed by atoms with Crippen LogP contribution in [0.1, 0.15) is 67.7 Å². The zero-order chi connectivity index (χ0) is 15.0. The number of hydrogen-bond acceptors (Lipinski definition) is 1. The van der Waals surface area contributed by atoms with E-state index in [2.05, 4.69) is 0 Å². The van der Waals surface area contributed by atoms with Gasteiger partial charge >= 0.3 is 0 Å². The van der Waals surface area contributed by atoms with Gasteiger partial charge in [-0.15, -0.1) is 0 Å². The van der Waals surface area contributed by atoms with Crippen molar-refractivity contribution in [3.63, 3.8) is 0 Å². The molecule has 0 aromatic heterocycles. The zero-order valence-electron chi connectivity index (χ0n) is 13.2. The minimum Gasteiger partial charge on any atom is -0.388 e. The molecule has 0 heterocycles. The maximum absolute atomic E-state index is 13.8. The molecule has 0 saturated heterocycles. The lowest BCUT2D eigenvalue weighted by Gasteiger charge is -2.41. The van der Waals surface area contributed by atoms with E-state index in [1.165, 1.54) is 32.1 Å². The van der Waals surface area contributed by atoms with Crippen LogP contribution in [0.25, 0.3) is 0 Å². The fraction of sp³-hybridized carbons (Fsp3) is 0.684. The molecular weight excluding hydrogens is 263 g/mol. The first-order chi connectivity index (χ1) is 10.1. The number of halogens is 1. The summed E-state index contributed by atoms with van der Waals surface area (Å²) in [5.41, 5.74) is 2.21. The van der Waals surface area contributed by atoms with Gasteiger partial charge in [0.1, 0.15) is 5.82 Å². The van der Waals surface area contributed by atoms with Crippen LogP contribution < -0.4 is 0 Å². The molecule has 2 saturated carbocycles. The van der Waals surface area contributed by atoms with E-state index in [-0.39, 0.29) is 5.82 Å². The lowest BCUT2D eigenvalue weighted by atomic mass is 9.66. The molecule has 4 atom stereocenters. The Balaban J connectivity index is 1.74. The van der Waals surface area contributed by atoms with Gasteiger partial charge < -0.3 is 5.11 Å². The Morgan fingerprint density at radius 3 is 2.29 bits per heavy atom. The molecule has 2 aliphatic carbocycles. The summed E-state index contributed by atoms with van der Waals surface area (Å²) >= 11 is 0. The first-order valence-electron chi connectivity index (χ1n) is 8.51. The molecule has 116 valence electrons. The van der Waals surface area contributed by atoms with E-state index < -0.39 is 6.10 Å². The van der Waals surface area contributed by atoms with E-state index in [1.54, 1.807) is 13.8 Å². The number of rotatable bonds is 2. The van der Waals surface area contributed by atoms with Crippen LogP contribution in [0.15, 0.2) is 12.1 Å². The maximum Gasteiger partial charge on any atom is 0.129 e. The first kappa shape index (κ1) is 15.0. The quantitative estimate of drug-likeness (QED) is 0.805. The normalized spacial score (nSPS) is 30.8. The van der Waals surface area contributed by atoms with Gasteiger partial charge in [0.2, 0.25) is 0 Å². The lowest BCUT2D eigenvalue weighted by Crippen LogP contribution is -2.30. The van der Waals surface area contributed by atoms with Gasteiger partial charge in [-0.2, -0.15) is 0 Å². The second kappa shape index (κ2) is 6.08. The fourth-order valence-corrected chi connectivity index (χ4v) is 4.62. The average Bonchev–Trinajstić information content (AvgIpc) is 2.51. The van der Waals surface area contributed by atoms with Crippen molar-refractivity contribution in [2.75, 3.05) is 0 Å². The second-order valence-corrected chi connectivity index (χ2v) is 7.29. The van der Waals surface area contributed by atoms with Gasteiger partial charge in [-0.05, 0) is 67.6 Å². The van der Waals surface area contributed by atoms with E-state index in [4.69, 9.17) is 0 Å². The molecule has 21 heavy (non-hydrogen) atoms. The highest BCUT2D eigenvalue weighted by Gasteiger charge is 2.35. The largest absolute Gasteiger partial charge is 0.388 e. The van der Waals surface area contributed by atoms with Crippen LogP contribution in [-0.4, -0.2) is 5.11 Å². The molecule has 1 N–H and O–H groups in total. The Kier molecular flexibility index (Phi) is 4.35. The molecule has 0 bridgehead atoms. The summed E-state index contributed by atoms with van der Waals surface area (Å²) in [5, 5.41) is 10.8. The number of aliphatic hydroxyl groups excluding tert-OH is 1. The molecule has 0 spiro atoms. The summed E-state index contributed by atoms with van der Waals surface area (Å²) in [6.45, 7) is 3.58. The lowest BCUT2D eigenvalue weighted by molar-refractivity contribution is 0.0348. The molecule has 2 fully saturated rings. The standard InChI is InChI=1S/C19H27FO/c1-12-9-17(10-13(2)18(12)20)19(21)16-8-7-14-5-3-4-6-15(14)11-16/h9-10,14-16,19,21H,3-8,11H2,1-2H3. The van der Waals surface area contributed by atoms with E-state index in [0.29, 0.717) is 17.0 Å². The molecule has 0 amide bonds. The van der Waals surface area contributed by atoms with Crippen LogP contribution in [0.4, 0.5) is 4.39 Å². The summed E-state index contributed by atoms with van der Waals surface area (Å²) in [4.78, 5) is 0. The summed E-state index contributed by atoms with van der Waals surface area (Å²) < 4.78 is 13.8. The van der Waals surface area contributed by atoms with Gasteiger partial charge in [-0.1, -0.05) is 37.8 Å². The average molecular weight is 290 g/mol. The first-order valence-corrected chi connectivity index (χ1v) is 8.51. The zero-order valence-corrected chi connectivity index (χ0v) is 13.2. The highest BCUT2D eigenvalue weighted by molar-refractivity contribution is 5.32. The summed E-state index contributed by atoms with van der Waals surface area (Å²) in [6.07, 6.45) is 8.61. The molecule has 0 aliphatic heterocycles. The summed E-state index contributed by atoms with van der Waals surface area (Å²) in [7, 11) is 0. The number of aliphatic hydroxyl groups is 1. The third-order valence-corrected chi connectivity index (χ3v) is 5.83. The summed E-state index contributed by atoms with van der Waals surface area (Å²) in [5.74, 6) is 1.93. The van der Waals surface area contributed by atoms with Crippen molar-refractivity contribution in [3.8, 4) is 0 Å². The molecule has 1 aromatic rings. The third-order valence-electron chi connectivity index (χ3n) is 5.83. The van der Waals surface area contributed by atoms with Crippen LogP contribution in [0.3, 0.4) is 0 Å². The van der Waals surface area contributed by atoms with Gasteiger partial charge in [0.05, 0.1) is 6.10 Å². The highest BCUT2D eigenvalue weighted by Crippen LogP contribution is 2.46. The maximum atomic E-state index is 13.8. The fourth-order valence-electron chi connectivity index (χ4n) is 4.62. The molecule has 1 aromatic carbocycles. The topological polar surface area (TPSA) is 20.2 Å². The van der Waals surface area contributed by atoms with Crippen LogP contribution in [0.2, 0.25) is 0 Å². The monoisotopic (exact) mass is 290 g/mol. The van der Waals surface area contributed by atoms with Crippen LogP contribution in [0, 0.1) is 37.4 Å². The summed E-state index contributed by atoms with van der Waals surface area (Å²) in [6, 6.07) is 3.67. The Morgan fingerprint density at radius 1 is 1.00 bits per heavy atom. The van der Waals surface area contributed by atoms with Crippen molar-refractivity contribution in [1.82, 2.24) is 0 Å². The molecule has 2 aliphatic rings. The van der Waals surface area contributed by atoms with Crippen LogP contribution in [-0.2, 0) is 0 Å². The molecule has 1 nitrogen and oxygen atoms in total. The number of aryl methyl sites for hydroxylation is 2. The van der Waals surface area contributed by atoms with Gasteiger partial charge in [-0.3, -0.25) is 0 Å². The van der Waals surface area contributed by atoms with Crippen LogP contribution >= 0.6 is 0 Å². The minimum atomic E-state index is -0.425. The number of fused-ring (bicyclic) bond motifs is 1. The molecule has 2 heteroatoms. The highest BCUT2D eigenvalue weighted by atomic mass is 19.1. The Bertz CT molecular complexity index is 487.